The Balaban J connectivity index is 2.13. The molecule has 5 heteroatoms. The summed E-state index contributed by atoms with van der Waals surface area (Å²) in [4.78, 5) is 2.47. The molecule has 0 saturated carbocycles. The average molecular weight is 299 g/mol. The molecule has 1 heterocycles. The van der Waals surface area contributed by atoms with Crippen LogP contribution in [0.1, 0.15) is 20.3 Å². The van der Waals surface area contributed by atoms with Crippen molar-refractivity contribution in [2.75, 3.05) is 32.6 Å². The summed E-state index contributed by atoms with van der Waals surface area (Å²) in [5.41, 5.74) is 0.935. The van der Waals surface area contributed by atoms with E-state index in [1.54, 1.807) is 20.3 Å². The van der Waals surface area contributed by atoms with E-state index in [9.17, 15) is 0 Å². The highest BCUT2D eigenvalue weighted by atomic mass is 35.5. The molecule has 1 aliphatic heterocycles. The second-order valence-corrected chi connectivity index (χ2v) is 5.81. The summed E-state index contributed by atoms with van der Waals surface area (Å²) in [5.74, 6) is 1.41. The fourth-order valence-electron chi connectivity index (χ4n) is 2.57. The minimum Gasteiger partial charge on any atom is -0.495 e. The van der Waals surface area contributed by atoms with Gasteiger partial charge in [-0.3, -0.25) is 4.90 Å². The average Bonchev–Trinajstić information content (AvgIpc) is 2.89. The van der Waals surface area contributed by atoms with Crippen LogP contribution in [0.4, 0.5) is 5.69 Å². The number of hydrogen-bond donors (Lipinski definition) is 1. The van der Waals surface area contributed by atoms with Gasteiger partial charge in [0.2, 0.25) is 0 Å². The van der Waals surface area contributed by atoms with Gasteiger partial charge in [-0.1, -0.05) is 11.6 Å². The van der Waals surface area contributed by atoms with Crippen LogP contribution in [-0.4, -0.2) is 44.3 Å². The third-order valence-electron chi connectivity index (χ3n) is 3.78. The van der Waals surface area contributed by atoms with Crippen LogP contribution in [0, 0.1) is 0 Å². The molecule has 1 N–H and O–H groups in total. The highest BCUT2D eigenvalue weighted by Crippen LogP contribution is 2.36. The second kappa shape index (κ2) is 6.55. The Hall–Kier alpha value is -1.13. The number of nitrogens with one attached hydrogen (secondary N) is 1. The van der Waals surface area contributed by atoms with E-state index in [1.807, 2.05) is 6.07 Å². The molecule has 0 amide bonds. The SMILES string of the molecule is COc1cc(NC2CCN(C(C)C)C2)c(OC)cc1Cl. The summed E-state index contributed by atoms with van der Waals surface area (Å²) in [6, 6.07) is 4.71. The maximum absolute atomic E-state index is 6.12. The molecule has 1 aromatic rings. The molecule has 1 atom stereocenters. The molecule has 1 aliphatic rings. The van der Waals surface area contributed by atoms with Gasteiger partial charge in [-0.25, -0.2) is 0 Å². The van der Waals surface area contributed by atoms with Crippen LogP contribution < -0.4 is 14.8 Å². The monoisotopic (exact) mass is 298 g/mol. The first-order chi connectivity index (χ1) is 9.55. The second-order valence-electron chi connectivity index (χ2n) is 5.41. The van der Waals surface area contributed by atoms with Crippen molar-refractivity contribution in [3.63, 3.8) is 0 Å². The van der Waals surface area contributed by atoms with Gasteiger partial charge in [0.15, 0.2) is 0 Å². The van der Waals surface area contributed by atoms with Crippen LogP contribution in [0.5, 0.6) is 11.5 Å². The summed E-state index contributed by atoms with van der Waals surface area (Å²) in [6.45, 7) is 6.64. The van der Waals surface area contributed by atoms with E-state index in [0.29, 0.717) is 22.9 Å². The molecule has 1 fully saturated rings. The van der Waals surface area contributed by atoms with Crippen LogP contribution in [0.2, 0.25) is 5.02 Å². The van der Waals surface area contributed by atoms with Crippen molar-refractivity contribution in [3.8, 4) is 11.5 Å². The lowest BCUT2D eigenvalue weighted by molar-refractivity contribution is 0.274. The summed E-state index contributed by atoms with van der Waals surface area (Å²) >= 11 is 6.12. The summed E-state index contributed by atoms with van der Waals surface area (Å²) in [5, 5.41) is 4.10. The Labute approximate surface area is 126 Å². The molecule has 2 rings (SSSR count). The smallest absolute Gasteiger partial charge is 0.143 e. The van der Waals surface area contributed by atoms with Gasteiger partial charge in [-0.05, 0) is 20.3 Å². The van der Waals surface area contributed by atoms with Crippen molar-refractivity contribution in [1.29, 1.82) is 0 Å². The number of nitrogens with zero attached hydrogens (tertiary/aromatic N) is 1. The lowest BCUT2D eigenvalue weighted by Crippen LogP contribution is -2.31. The minimum atomic E-state index is 0.428. The molecule has 4 nitrogen and oxygen atoms in total. The third kappa shape index (κ3) is 3.30. The molecule has 0 aromatic heterocycles. The van der Waals surface area contributed by atoms with E-state index in [1.165, 1.54) is 0 Å². The molecule has 0 bridgehead atoms. The molecule has 112 valence electrons. The Morgan fingerprint density at radius 1 is 1.25 bits per heavy atom. The normalized spacial score (nSPS) is 19.4. The largest absolute Gasteiger partial charge is 0.495 e. The van der Waals surface area contributed by atoms with Crippen molar-refractivity contribution in [1.82, 2.24) is 4.90 Å². The van der Waals surface area contributed by atoms with Crippen LogP contribution in [0.15, 0.2) is 12.1 Å². The van der Waals surface area contributed by atoms with E-state index < -0.39 is 0 Å². The number of benzene rings is 1. The zero-order valence-electron chi connectivity index (χ0n) is 12.6. The fourth-order valence-corrected chi connectivity index (χ4v) is 2.80. The van der Waals surface area contributed by atoms with Gasteiger partial charge in [-0.2, -0.15) is 0 Å². The van der Waals surface area contributed by atoms with Gasteiger partial charge < -0.3 is 14.8 Å². The highest BCUT2D eigenvalue weighted by Gasteiger charge is 2.25. The predicted molar refractivity (Wildman–Crippen MR) is 83.3 cm³/mol. The van der Waals surface area contributed by atoms with Gasteiger partial charge in [0.1, 0.15) is 11.5 Å². The van der Waals surface area contributed by atoms with Crippen molar-refractivity contribution in [2.45, 2.75) is 32.4 Å². The van der Waals surface area contributed by atoms with Crippen LogP contribution >= 0.6 is 11.6 Å². The fraction of sp³-hybridized carbons (Fsp3) is 0.600. The van der Waals surface area contributed by atoms with Gasteiger partial charge in [0, 0.05) is 37.3 Å². The molecule has 1 unspecified atom stereocenters. The minimum absolute atomic E-state index is 0.428. The number of ether oxygens (including phenoxy) is 2. The Morgan fingerprint density at radius 3 is 2.50 bits per heavy atom. The van der Waals surface area contributed by atoms with Crippen molar-refractivity contribution < 1.29 is 9.47 Å². The van der Waals surface area contributed by atoms with Gasteiger partial charge >= 0.3 is 0 Å². The van der Waals surface area contributed by atoms with Crippen molar-refractivity contribution in [3.05, 3.63) is 17.2 Å². The maximum Gasteiger partial charge on any atom is 0.143 e. The van der Waals surface area contributed by atoms with Crippen LogP contribution in [0.25, 0.3) is 0 Å². The topological polar surface area (TPSA) is 33.7 Å². The molecule has 0 aliphatic carbocycles. The van der Waals surface area contributed by atoms with E-state index in [2.05, 4.69) is 24.1 Å². The highest BCUT2D eigenvalue weighted by molar-refractivity contribution is 6.32. The van der Waals surface area contributed by atoms with E-state index in [4.69, 9.17) is 21.1 Å². The van der Waals surface area contributed by atoms with E-state index >= 15 is 0 Å². The quantitative estimate of drug-likeness (QED) is 0.905. The van der Waals surface area contributed by atoms with Crippen molar-refractivity contribution in [2.24, 2.45) is 0 Å². The Kier molecular flexibility index (Phi) is 5.00. The number of hydrogen-bond acceptors (Lipinski definition) is 4. The van der Waals surface area contributed by atoms with Gasteiger partial charge in [-0.15, -0.1) is 0 Å². The van der Waals surface area contributed by atoms with Gasteiger partial charge in [0.25, 0.3) is 0 Å². The maximum atomic E-state index is 6.12. The molecule has 20 heavy (non-hydrogen) atoms. The van der Waals surface area contributed by atoms with E-state index in [-0.39, 0.29) is 0 Å². The zero-order valence-corrected chi connectivity index (χ0v) is 13.3. The van der Waals surface area contributed by atoms with Crippen LogP contribution in [-0.2, 0) is 0 Å². The molecule has 1 saturated heterocycles. The molecule has 1 aromatic carbocycles. The van der Waals surface area contributed by atoms with Crippen LogP contribution in [0.3, 0.4) is 0 Å². The Bertz CT molecular complexity index is 465. The molecular formula is C15H23ClN2O2. The third-order valence-corrected chi connectivity index (χ3v) is 4.08. The molecule has 0 spiro atoms. The molecular weight excluding hydrogens is 276 g/mol. The summed E-state index contributed by atoms with van der Waals surface area (Å²) in [7, 11) is 3.27. The first-order valence-corrected chi connectivity index (χ1v) is 7.35. The van der Waals surface area contributed by atoms with Crippen molar-refractivity contribution >= 4 is 17.3 Å². The Morgan fingerprint density at radius 2 is 1.95 bits per heavy atom. The lowest BCUT2D eigenvalue weighted by Gasteiger charge is -2.21. The number of methoxy groups -OCH3 is 2. The first kappa shape index (κ1) is 15.3. The van der Waals surface area contributed by atoms with Gasteiger partial charge in [0.05, 0.1) is 24.9 Å². The number of rotatable bonds is 5. The molecule has 0 radical (unpaired) electrons. The van der Waals surface area contributed by atoms with E-state index in [0.717, 1.165) is 30.9 Å². The lowest BCUT2D eigenvalue weighted by atomic mass is 10.2. The standard InChI is InChI=1S/C15H23ClN2O2/c1-10(2)18-6-5-11(9-18)17-13-8-14(19-3)12(16)7-15(13)20-4/h7-8,10-11,17H,5-6,9H2,1-4H3. The predicted octanol–water partition coefficient (Wildman–Crippen LogP) is 3.25. The zero-order chi connectivity index (χ0) is 14.7. The summed E-state index contributed by atoms with van der Waals surface area (Å²) < 4.78 is 10.7. The number of likely N-dealkylation sites (tertiary alicyclic amines) is 1. The summed E-state index contributed by atoms with van der Waals surface area (Å²) in [6.07, 6.45) is 1.13. The first-order valence-electron chi connectivity index (χ1n) is 6.97. The number of halogens is 1. The number of anilines is 1.